The summed E-state index contributed by atoms with van der Waals surface area (Å²) in [5.74, 6) is -1.15. The van der Waals surface area contributed by atoms with Gasteiger partial charge in [-0.05, 0) is 13.5 Å². The highest BCUT2D eigenvalue weighted by molar-refractivity contribution is 5.69. The van der Waals surface area contributed by atoms with Gasteiger partial charge >= 0.3 is 5.97 Å². The molecular formula is C12H19N3O2. The summed E-state index contributed by atoms with van der Waals surface area (Å²) in [4.78, 5) is 21.2. The molecule has 1 aromatic heterocycles. The molecule has 0 bridgehead atoms. The summed E-state index contributed by atoms with van der Waals surface area (Å²) in [7, 11) is 0. The minimum Gasteiger partial charge on any atom is -0.481 e. The minimum absolute atomic E-state index is 0.0792. The first-order chi connectivity index (χ1) is 8.06. The molecule has 0 aromatic carbocycles. The predicted molar refractivity (Wildman–Crippen MR) is 64.5 cm³/mol. The van der Waals surface area contributed by atoms with Crippen molar-refractivity contribution in [2.75, 3.05) is 13.1 Å². The van der Waals surface area contributed by atoms with Crippen molar-refractivity contribution in [3.63, 3.8) is 0 Å². The van der Waals surface area contributed by atoms with E-state index >= 15 is 0 Å². The first-order valence-electron chi connectivity index (χ1n) is 5.79. The smallest absolute Gasteiger partial charge is 0.307 e. The van der Waals surface area contributed by atoms with Gasteiger partial charge in [-0.2, -0.15) is 0 Å². The van der Waals surface area contributed by atoms with Gasteiger partial charge in [0, 0.05) is 25.1 Å². The molecule has 0 aliphatic carbocycles. The Hall–Kier alpha value is -1.49. The van der Waals surface area contributed by atoms with Crippen LogP contribution in [0.2, 0.25) is 0 Å². The molecule has 2 unspecified atom stereocenters. The Morgan fingerprint density at radius 3 is 2.65 bits per heavy atom. The Morgan fingerprint density at radius 2 is 2.18 bits per heavy atom. The maximum absolute atomic E-state index is 10.9. The van der Waals surface area contributed by atoms with Crippen LogP contribution in [0, 0.1) is 5.92 Å². The van der Waals surface area contributed by atoms with Crippen LogP contribution in [-0.4, -0.2) is 39.0 Å². The number of nitrogens with zero attached hydrogens (tertiary/aromatic N) is 3. The van der Waals surface area contributed by atoms with E-state index in [1.165, 1.54) is 0 Å². The second-order valence-corrected chi connectivity index (χ2v) is 4.13. The number of carbonyl (C=O) groups is 1. The fourth-order valence-corrected chi connectivity index (χ4v) is 1.70. The van der Waals surface area contributed by atoms with Gasteiger partial charge in [0.2, 0.25) is 0 Å². The van der Waals surface area contributed by atoms with E-state index in [-0.39, 0.29) is 12.0 Å². The van der Waals surface area contributed by atoms with Crippen LogP contribution in [0.5, 0.6) is 0 Å². The quantitative estimate of drug-likeness (QED) is 0.813. The van der Waals surface area contributed by atoms with E-state index in [1.807, 2.05) is 13.8 Å². The zero-order valence-corrected chi connectivity index (χ0v) is 10.5. The Balaban J connectivity index is 2.71. The summed E-state index contributed by atoms with van der Waals surface area (Å²) in [6.45, 7) is 7.05. The van der Waals surface area contributed by atoms with Gasteiger partial charge in [0.15, 0.2) is 0 Å². The van der Waals surface area contributed by atoms with Crippen LogP contribution in [-0.2, 0) is 4.79 Å². The highest BCUT2D eigenvalue weighted by Gasteiger charge is 2.20. The summed E-state index contributed by atoms with van der Waals surface area (Å²) in [5, 5.41) is 8.92. The summed E-state index contributed by atoms with van der Waals surface area (Å²) in [6, 6.07) is 0.0792. The van der Waals surface area contributed by atoms with Crippen molar-refractivity contribution >= 4 is 5.97 Å². The summed E-state index contributed by atoms with van der Waals surface area (Å²) in [6.07, 6.45) is 5.01. The van der Waals surface area contributed by atoms with Crippen LogP contribution in [0.1, 0.15) is 32.5 Å². The summed E-state index contributed by atoms with van der Waals surface area (Å²) < 4.78 is 0. The van der Waals surface area contributed by atoms with Crippen molar-refractivity contribution in [2.45, 2.75) is 26.8 Å². The second kappa shape index (κ2) is 6.30. The zero-order chi connectivity index (χ0) is 12.8. The molecule has 0 fully saturated rings. The lowest BCUT2D eigenvalue weighted by Crippen LogP contribution is -2.34. The molecule has 0 aliphatic rings. The number of hydrogen-bond donors (Lipinski definition) is 1. The van der Waals surface area contributed by atoms with Crippen LogP contribution in [0.15, 0.2) is 18.6 Å². The molecule has 1 heterocycles. The van der Waals surface area contributed by atoms with Crippen LogP contribution in [0.4, 0.5) is 0 Å². The van der Waals surface area contributed by atoms with Gasteiger partial charge in [-0.25, -0.2) is 0 Å². The van der Waals surface area contributed by atoms with Crippen molar-refractivity contribution < 1.29 is 9.90 Å². The van der Waals surface area contributed by atoms with Crippen LogP contribution in [0.3, 0.4) is 0 Å². The molecule has 0 aliphatic heterocycles. The number of aliphatic carboxylic acids is 1. The summed E-state index contributed by atoms with van der Waals surface area (Å²) >= 11 is 0. The van der Waals surface area contributed by atoms with Gasteiger partial charge in [0.25, 0.3) is 0 Å². The molecule has 1 aromatic rings. The molecule has 0 saturated heterocycles. The first-order valence-corrected chi connectivity index (χ1v) is 5.79. The van der Waals surface area contributed by atoms with Crippen molar-refractivity contribution in [3.05, 3.63) is 24.3 Å². The average molecular weight is 237 g/mol. The van der Waals surface area contributed by atoms with Gasteiger partial charge in [-0.3, -0.25) is 19.7 Å². The molecule has 1 rings (SSSR count). The lowest BCUT2D eigenvalue weighted by atomic mass is 10.1. The highest BCUT2D eigenvalue weighted by Crippen LogP contribution is 2.18. The van der Waals surface area contributed by atoms with Crippen molar-refractivity contribution in [2.24, 2.45) is 5.92 Å². The lowest BCUT2D eigenvalue weighted by molar-refractivity contribution is -0.141. The van der Waals surface area contributed by atoms with E-state index < -0.39 is 5.97 Å². The van der Waals surface area contributed by atoms with Gasteiger partial charge in [-0.15, -0.1) is 0 Å². The van der Waals surface area contributed by atoms with E-state index in [0.29, 0.717) is 6.54 Å². The van der Waals surface area contributed by atoms with Crippen molar-refractivity contribution in [3.8, 4) is 0 Å². The van der Waals surface area contributed by atoms with E-state index in [9.17, 15) is 4.79 Å². The highest BCUT2D eigenvalue weighted by atomic mass is 16.4. The van der Waals surface area contributed by atoms with E-state index in [1.54, 1.807) is 25.5 Å². The average Bonchev–Trinajstić information content (AvgIpc) is 2.35. The third-order valence-corrected chi connectivity index (χ3v) is 2.90. The fourth-order valence-electron chi connectivity index (χ4n) is 1.70. The standard InChI is InChI=1S/C12H19N3O2/c1-4-15(8-9(2)12(16)17)10(3)11-7-13-5-6-14-11/h5-7,9-10H,4,8H2,1-3H3,(H,16,17). The number of hydrogen-bond acceptors (Lipinski definition) is 4. The molecular weight excluding hydrogens is 218 g/mol. The third kappa shape index (κ3) is 3.78. The van der Waals surface area contributed by atoms with Crippen molar-refractivity contribution in [1.82, 2.24) is 14.9 Å². The monoisotopic (exact) mass is 237 g/mol. The Bertz CT molecular complexity index is 356. The first kappa shape index (κ1) is 13.6. The fraction of sp³-hybridized carbons (Fsp3) is 0.583. The largest absolute Gasteiger partial charge is 0.481 e. The second-order valence-electron chi connectivity index (χ2n) is 4.13. The van der Waals surface area contributed by atoms with E-state index in [2.05, 4.69) is 14.9 Å². The number of aromatic nitrogens is 2. The molecule has 0 saturated carbocycles. The Morgan fingerprint density at radius 1 is 1.47 bits per heavy atom. The van der Waals surface area contributed by atoms with Crippen molar-refractivity contribution in [1.29, 1.82) is 0 Å². The van der Waals surface area contributed by atoms with Gasteiger partial charge in [-0.1, -0.05) is 13.8 Å². The van der Waals surface area contributed by atoms with E-state index in [0.717, 1.165) is 12.2 Å². The Kier molecular flexibility index (Phi) is 5.03. The third-order valence-electron chi connectivity index (χ3n) is 2.90. The number of carboxylic acids is 1. The van der Waals surface area contributed by atoms with Crippen LogP contribution >= 0.6 is 0 Å². The van der Waals surface area contributed by atoms with Crippen LogP contribution < -0.4 is 0 Å². The molecule has 2 atom stereocenters. The minimum atomic E-state index is -0.769. The zero-order valence-electron chi connectivity index (χ0n) is 10.5. The SMILES string of the molecule is CCN(CC(C)C(=O)O)C(C)c1cnccn1. The molecule has 0 amide bonds. The lowest BCUT2D eigenvalue weighted by Gasteiger charge is -2.28. The van der Waals surface area contributed by atoms with Gasteiger partial charge < -0.3 is 5.11 Å². The molecule has 1 N–H and O–H groups in total. The number of rotatable bonds is 6. The van der Waals surface area contributed by atoms with Gasteiger partial charge in [0.1, 0.15) is 0 Å². The molecule has 5 heteroatoms. The molecule has 0 radical (unpaired) electrons. The predicted octanol–water partition coefficient (Wildman–Crippen LogP) is 1.58. The Labute approximate surface area is 102 Å². The topological polar surface area (TPSA) is 66.3 Å². The van der Waals surface area contributed by atoms with E-state index in [4.69, 9.17) is 5.11 Å². The van der Waals surface area contributed by atoms with Gasteiger partial charge in [0.05, 0.1) is 17.7 Å². The van der Waals surface area contributed by atoms with Crippen LogP contribution in [0.25, 0.3) is 0 Å². The molecule has 5 nitrogen and oxygen atoms in total. The maximum Gasteiger partial charge on any atom is 0.307 e. The molecule has 94 valence electrons. The summed E-state index contributed by atoms with van der Waals surface area (Å²) in [5.41, 5.74) is 0.868. The molecule has 0 spiro atoms. The number of carboxylic acid groups (broad SMARTS) is 1. The normalized spacial score (nSPS) is 14.6. The molecule has 17 heavy (non-hydrogen) atoms. The maximum atomic E-state index is 10.9.